The van der Waals surface area contributed by atoms with Gasteiger partial charge in [-0.15, -0.1) is 0 Å². The van der Waals surface area contributed by atoms with Crippen molar-refractivity contribution in [2.75, 3.05) is 0 Å². The summed E-state index contributed by atoms with van der Waals surface area (Å²) in [4.78, 5) is 1.71. The van der Waals surface area contributed by atoms with Crippen LogP contribution in [0.15, 0.2) is 54.6 Å². The average Bonchev–Trinajstić information content (AvgIpc) is 3.32. The van der Waals surface area contributed by atoms with Crippen LogP contribution in [0.2, 0.25) is 0 Å². The van der Waals surface area contributed by atoms with Gasteiger partial charge in [0.25, 0.3) is 0 Å². The van der Waals surface area contributed by atoms with Crippen LogP contribution in [-0.4, -0.2) is 21.0 Å². The molecule has 0 spiro atoms. The lowest BCUT2D eigenvalue weighted by molar-refractivity contribution is 0.511. The van der Waals surface area contributed by atoms with E-state index in [-0.39, 0.29) is 5.82 Å². The third-order valence-electron chi connectivity index (χ3n) is 4.92. The molecule has 26 heavy (non-hydrogen) atoms. The molecule has 0 aliphatic heterocycles. The molecule has 1 aliphatic carbocycles. The van der Waals surface area contributed by atoms with Crippen LogP contribution >= 0.6 is 0 Å². The quantitative estimate of drug-likeness (QED) is 0.726. The molecule has 0 radical (unpaired) electrons. The van der Waals surface area contributed by atoms with E-state index in [1.165, 1.54) is 37.8 Å². The van der Waals surface area contributed by atoms with Gasteiger partial charge < -0.3 is 5.32 Å². The molecular formula is C21H23FN4. The summed E-state index contributed by atoms with van der Waals surface area (Å²) < 4.78 is 13.1. The lowest BCUT2D eigenvalue weighted by Gasteiger charge is -2.10. The molecule has 1 aliphatic rings. The second-order valence-corrected chi connectivity index (χ2v) is 6.88. The van der Waals surface area contributed by atoms with Gasteiger partial charge in [0.2, 0.25) is 0 Å². The van der Waals surface area contributed by atoms with Gasteiger partial charge in [-0.3, -0.25) is 0 Å². The van der Waals surface area contributed by atoms with Crippen molar-refractivity contribution in [3.63, 3.8) is 0 Å². The van der Waals surface area contributed by atoms with Gasteiger partial charge in [0.05, 0.1) is 6.54 Å². The predicted octanol–water partition coefficient (Wildman–Crippen LogP) is 4.16. The fourth-order valence-electron chi connectivity index (χ4n) is 3.52. The maximum atomic E-state index is 13.1. The third kappa shape index (κ3) is 3.99. The van der Waals surface area contributed by atoms with Crippen LogP contribution in [0.25, 0.3) is 11.3 Å². The van der Waals surface area contributed by atoms with E-state index in [1.807, 2.05) is 18.2 Å². The van der Waals surface area contributed by atoms with Gasteiger partial charge in [-0.2, -0.15) is 15.0 Å². The van der Waals surface area contributed by atoms with Crippen LogP contribution in [0.3, 0.4) is 0 Å². The highest BCUT2D eigenvalue weighted by Crippen LogP contribution is 2.22. The van der Waals surface area contributed by atoms with E-state index in [9.17, 15) is 4.39 Å². The molecule has 2 aromatic carbocycles. The summed E-state index contributed by atoms with van der Waals surface area (Å²) in [5.41, 5.74) is 3.93. The Labute approximate surface area is 153 Å². The van der Waals surface area contributed by atoms with Crippen molar-refractivity contribution in [1.82, 2.24) is 20.3 Å². The number of hydrogen-bond acceptors (Lipinski definition) is 3. The highest BCUT2D eigenvalue weighted by molar-refractivity contribution is 5.60. The molecule has 1 N–H and O–H groups in total. The maximum Gasteiger partial charge on any atom is 0.123 e. The molecule has 4 rings (SSSR count). The Morgan fingerprint density at radius 3 is 2.42 bits per heavy atom. The van der Waals surface area contributed by atoms with Gasteiger partial charge in [0, 0.05) is 18.2 Å². The SMILES string of the molecule is Fc1ccc(Cn2nc(CNC3CCCC3)c(-c3ccccc3)n2)cc1. The van der Waals surface area contributed by atoms with Crippen molar-refractivity contribution < 1.29 is 4.39 Å². The maximum absolute atomic E-state index is 13.1. The van der Waals surface area contributed by atoms with E-state index in [2.05, 4.69) is 17.4 Å². The molecule has 134 valence electrons. The van der Waals surface area contributed by atoms with Gasteiger partial charge in [0.15, 0.2) is 0 Å². The first-order valence-corrected chi connectivity index (χ1v) is 9.25. The third-order valence-corrected chi connectivity index (χ3v) is 4.92. The second-order valence-electron chi connectivity index (χ2n) is 6.88. The number of benzene rings is 2. The molecule has 0 amide bonds. The molecule has 1 aromatic heterocycles. The molecule has 4 nitrogen and oxygen atoms in total. The van der Waals surface area contributed by atoms with Crippen LogP contribution in [0.5, 0.6) is 0 Å². The number of nitrogens with one attached hydrogen (secondary N) is 1. The first-order valence-electron chi connectivity index (χ1n) is 9.25. The van der Waals surface area contributed by atoms with E-state index >= 15 is 0 Å². The standard InChI is InChI=1S/C21H23FN4/c22-18-12-10-16(11-13-18)15-26-24-20(14-23-19-8-4-5-9-19)21(25-26)17-6-2-1-3-7-17/h1-3,6-7,10-13,19,23H,4-5,8-9,14-15H2. The highest BCUT2D eigenvalue weighted by atomic mass is 19.1. The van der Waals surface area contributed by atoms with Gasteiger partial charge >= 0.3 is 0 Å². The fourth-order valence-corrected chi connectivity index (χ4v) is 3.52. The zero-order valence-electron chi connectivity index (χ0n) is 14.7. The summed E-state index contributed by atoms with van der Waals surface area (Å²) in [5, 5.41) is 13.1. The Morgan fingerprint density at radius 1 is 0.962 bits per heavy atom. The van der Waals surface area contributed by atoms with Crippen molar-refractivity contribution in [2.24, 2.45) is 0 Å². The van der Waals surface area contributed by atoms with Crippen molar-refractivity contribution in [1.29, 1.82) is 0 Å². The van der Waals surface area contributed by atoms with E-state index in [1.54, 1.807) is 16.9 Å². The molecule has 0 bridgehead atoms. The van der Waals surface area contributed by atoms with Gasteiger partial charge in [0.1, 0.15) is 17.2 Å². The first-order chi connectivity index (χ1) is 12.8. The fraction of sp³-hybridized carbons (Fsp3) is 0.333. The number of aromatic nitrogens is 3. The first kappa shape index (κ1) is 16.9. The molecule has 1 heterocycles. The Hall–Kier alpha value is -2.53. The van der Waals surface area contributed by atoms with Crippen LogP contribution in [-0.2, 0) is 13.1 Å². The Balaban J connectivity index is 1.57. The molecule has 3 aromatic rings. The summed E-state index contributed by atoms with van der Waals surface area (Å²) in [7, 11) is 0. The average molecular weight is 350 g/mol. The zero-order chi connectivity index (χ0) is 17.8. The molecule has 0 unspecified atom stereocenters. The number of hydrogen-bond donors (Lipinski definition) is 1. The summed E-state index contributed by atoms with van der Waals surface area (Å²) in [6.07, 6.45) is 5.09. The molecule has 0 atom stereocenters. The van der Waals surface area contributed by atoms with Crippen LogP contribution in [0, 0.1) is 5.82 Å². The Morgan fingerprint density at radius 2 is 1.69 bits per heavy atom. The molecule has 5 heteroatoms. The largest absolute Gasteiger partial charge is 0.308 e. The van der Waals surface area contributed by atoms with E-state index < -0.39 is 0 Å². The Bertz CT molecular complexity index is 836. The second kappa shape index (κ2) is 7.79. The number of halogens is 1. The highest BCUT2D eigenvalue weighted by Gasteiger charge is 2.18. The smallest absolute Gasteiger partial charge is 0.123 e. The predicted molar refractivity (Wildman–Crippen MR) is 100 cm³/mol. The summed E-state index contributed by atoms with van der Waals surface area (Å²) >= 11 is 0. The van der Waals surface area contributed by atoms with Gasteiger partial charge in [-0.25, -0.2) is 4.39 Å². The topological polar surface area (TPSA) is 42.7 Å². The van der Waals surface area contributed by atoms with E-state index in [4.69, 9.17) is 10.2 Å². The van der Waals surface area contributed by atoms with Crippen molar-refractivity contribution >= 4 is 0 Å². The lowest BCUT2D eigenvalue weighted by Crippen LogP contribution is -2.25. The van der Waals surface area contributed by atoms with Crippen molar-refractivity contribution in [2.45, 2.75) is 44.8 Å². The Kier molecular flexibility index (Phi) is 5.07. The van der Waals surface area contributed by atoms with E-state index in [0.717, 1.165) is 29.1 Å². The minimum atomic E-state index is -0.228. The van der Waals surface area contributed by atoms with Gasteiger partial charge in [-0.1, -0.05) is 55.3 Å². The van der Waals surface area contributed by atoms with Crippen molar-refractivity contribution in [3.8, 4) is 11.3 Å². The number of rotatable bonds is 6. The van der Waals surface area contributed by atoms with Crippen LogP contribution in [0.4, 0.5) is 4.39 Å². The van der Waals surface area contributed by atoms with Crippen LogP contribution < -0.4 is 5.32 Å². The van der Waals surface area contributed by atoms with E-state index in [0.29, 0.717) is 12.6 Å². The van der Waals surface area contributed by atoms with Crippen molar-refractivity contribution in [3.05, 3.63) is 71.7 Å². The summed E-state index contributed by atoms with van der Waals surface area (Å²) in [5.74, 6) is -0.228. The monoisotopic (exact) mass is 350 g/mol. The van der Waals surface area contributed by atoms with Crippen LogP contribution in [0.1, 0.15) is 36.9 Å². The normalized spacial score (nSPS) is 14.8. The minimum absolute atomic E-state index is 0.228. The van der Waals surface area contributed by atoms with Gasteiger partial charge in [-0.05, 0) is 30.5 Å². The summed E-state index contributed by atoms with van der Waals surface area (Å²) in [6, 6.07) is 17.2. The zero-order valence-corrected chi connectivity index (χ0v) is 14.7. The molecule has 1 fully saturated rings. The lowest BCUT2D eigenvalue weighted by atomic mass is 10.1. The molecule has 0 saturated heterocycles. The number of nitrogens with zero attached hydrogens (tertiary/aromatic N) is 3. The molecule has 1 saturated carbocycles. The minimum Gasteiger partial charge on any atom is -0.308 e. The summed E-state index contributed by atoms with van der Waals surface area (Å²) in [6.45, 7) is 1.25. The molecular weight excluding hydrogens is 327 g/mol.